The van der Waals surface area contributed by atoms with Gasteiger partial charge in [0.2, 0.25) is 0 Å². The smallest absolute Gasteiger partial charge is 0.264 e. The van der Waals surface area contributed by atoms with Gasteiger partial charge in [-0.2, -0.15) is 0 Å². The van der Waals surface area contributed by atoms with Crippen LogP contribution >= 0.6 is 15.9 Å². The van der Waals surface area contributed by atoms with E-state index in [2.05, 4.69) is 15.9 Å². The number of benzene rings is 1. The molecule has 0 N–H and O–H groups in total. The zero-order valence-corrected chi connectivity index (χ0v) is 9.39. The van der Waals surface area contributed by atoms with Crippen LogP contribution < -0.4 is 0 Å². The van der Waals surface area contributed by atoms with Crippen LogP contribution in [0.1, 0.15) is 29.3 Å². The third-order valence-electron chi connectivity index (χ3n) is 1.88. The molecule has 0 bridgehead atoms. The Labute approximate surface area is 93.4 Å². The van der Waals surface area contributed by atoms with Crippen molar-refractivity contribution in [2.45, 2.75) is 18.2 Å². The number of hydrogen-bond acceptors (Lipinski definition) is 1. The molecule has 82 valence electrons. The molecule has 0 amide bonds. The SMILES string of the molecule is CC(Br)C(=O)c1ccc(F)cc1C(F)F. The molecule has 1 aromatic carbocycles. The van der Waals surface area contributed by atoms with Gasteiger partial charge in [-0.05, 0) is 25.1 Å². The summed E-state index contributed by atoms with van der Waals surface area (Å²) in [5.41, 5.74) is -0.706. The van der Waals surface area contributed by atoms with Crippen molar-refractivity contribution in [2.75, 3.05) is 0 Å². The Morgan fingerprint density at radius 2 is 2.00 bits per heavy atom. The molecule has 1 atom stereocenters. The molecule has 0 radical (unpaired) electrons. The normalized spacial score (nSPS) is 12.9. The highest BCUT2D eigenvalue weighted by Gasteiger charge is 2.21. The van der Waals surface area contributed by atoms with Crippen LogP contribution in [0.5, 0.6) is 0 Å². The molecule has 0 fully saturated rings. The number of carbonyl (C=O) groups is 1. The first-order valence-electron chi connectivity index (χ1n) is 4.19. The van der Waals surface area contributed by atoms with E-state index in [-0.39, 0.29) is 5.56 Å². The summed E-state index contributed by atoms with van der Waals surface area (Å²) >= 11 is 2.99. The van der Waals surface area contributed by atoms with Crippen molar-refractivity contribution in [1.29, 1.82) is 0 Å². The highest BCUT2D eigenvalue weighted by Crippen LogP contribution is 2.25. The van der Waals surface area contributed by atoms with E-state index < -0.39 is 28.4 Å². The minimum Gasteiger partial charge on any atom is -0.293 e. The van der Waals surface area contributed by atoms with Crippen LogP contribution in [0.25, 0.3) is 0 Å². The van der Waals surface area contributed by atoms with Crippen LogP contribution in [0.3, 0.4) is 0 Å². The number of ketones is 1. The molecule has 5 heteroatoms. The van der Waals surface area contributed by atoms with E-state index in [1.54, 1.807) is 0 Å². The molecule has 0 heterocycles. The van der Waals surface area contributed by atoms with Crippen molar-refractivity contribution in [3.05, 3.63) is 35.1 Å². The summed E-state index contributed by atoms with van der Waals surface area (Å²) in [6.07, 6.45) is -2.86. The summed E-state index contributed by atoms with van der Waals surface area (Å²) in [6.45, 7) is 1.53. The molecule has 0 aromatic heterocycles. The minimum absolute atomic E-state index is 0.143. The molecule has 1 unspecified atom stereocenters. The second-order valence-electron chi connectivity index (χ2n) is 3.01. The summed E-state index contributed by atoms with van der Waals surface area (Å²) < 4.78 is 37.7. The van der Waals surface area contributed by atoms with Gasteiger partial charge in [-0.3, -0.25) is 4.79 Å². The van der Waals surface area contributed by atoms with Crippen LogP contribution in [-0.4, -0.2) is 10.6 Å². The fraction of sp³-hybridized carbons (Fsp3) is 0.300. The van der Waals surface area contributed by atoms with Crippen LogP contribution in [0.15, 0.2) is 18.2 Å². The van der Waals surface area contributed by atoms with E-state index in [0.29, 0.717) is 6.07 Å². The second kappa shape index (κ2) is 4.79. The maximum atomic E-state index is 12.7. The van der Waals surface area contributed by atoms with E-state index >= 15 is 0 Å². The van der Waals surface area contributed by atoms with E-state index in [0.717, 1.165) is 12.1 Å². The van der Waals surface area contributed by atoms with Crippen LogP contribution in [-0.2, 0) is 0 Å². The average Bonchev–Trinajstić information content (AvgIpc) is 2.16. The summed E-state index contributed by atoms with van der Waals surface area (Å²) in [6, 6.07) is 2.76. The molecule has 1 nitrogen and oxygen atoms in total. The molecule has 0 aliphatic rings. The quantitative estimate of drug-likeness (QED) is 0.609. The summed E-state index contributed by atoms with van der Waals surface area (Å²) in [4.78, 5) is 10.9. The Kier molecular flexibility index (Phi) is 3.90. The lowest BCUT2D eigenvalue weighted by Crippen LogP contribution is -2.13. The Morgan fingerprint density at radius 1 is 1.40 bits per heavy atom. The van der Waals surface area contributed by atoms with Gasteiger partial charge in [0.25, 0.3) is 6.43 Å². The maximum Gasteiger partial charge on any atom is 0.264 e. The van der Waals surface area contributed by atoms with Gasteiger partial charge in [-0.25, -0.2) is 13.2 Å². The zero-order valence-electron chi connectivity index (χ0n) is 7.81. The van der Waals surface area contributed by atoms with Crippen molar-refractivity contribution in [2.24, 2.45) is 0 Å². The minimum atomic E-state index is -2.86. The van der Waals surface area contributed by atoms with Gasteiger partial charge in [0, 0.05) is 11.1 Å². The monoisotopic (exact) mass is 280 g/mol. The molecule has 1 aromatic rings. The summed E-state index contributed by atoms with van der Waals surface area (Å²) in [5, 5.41) is 0. The van der Waals surface area contributed by atoms with Crippen molar-refractivity contribution in [3.8, 4) is 0 Å². The molecule has 0 saturated carbocycles. The van der Waals surface area contributed by atoms with Gasteiger partial charge >= 0.3 is 0 Å². The first-order chi connectivity index (χ1) is 6.93. The second-order valence-corrected chi connectivity index (χ2v) is 4.39. The molecule has 1 rings (SSSR count). The predicted octanol–water partition coefficient (Wildman–Crippen LogP) is 3.73. The fourth-order valence-electron chi connectivity index (χ4n) is 1.15. The highest BCUT2D eigenvalue weighted by molar-refractivity contribution is 9.10. The lowest BCUT2D eigenvalue weighted by atomic mass is 10.0. The van der Waals surface area contributed by atoms with Crippen LogP contribution in [0, 0.1) is 5.82 Å². The van der Waals surface area contributed by atoms with Gasteiger partial charge in [0.1, 0.15) is 5.82 Å². The van der Waals surface area contributed by atoms with Crippen molar-refractivity contribution in [3.63, 3.8) is 0 Å². The first-order valence-corrected chi connectivity index (χ1v) is 5.11. The number of rotatable bonds is 3. The van der Waals surface area contributed by atoms with E-state index in [4.69, 9.17) is 0 Å². The fourth-order valence-corrected chi connectivity index (χ4v) is 1.40. The largest absolute Gasteiger partial charge is 0.293 e. The third-order valence-corrected chi connectivity index (χ3v) is 2.29. The maximum absolute atomic E-state index is 12.7. The van der Waals surface area contributed by atoms with Crippen LogP contribution in [0.2, 0.25) is 0 Å². The van der Waals surface area contributed by atoms with Crippen molar-refractivity contribution >= 4 is 21.7 Å². The zero-order chi connectivity index (χ0) is 11.6. The predicted molar refractivity (Wildman–Crippen MR) is 54.1 cm³/mol. The van der Waals surface area contributed by atoms with Gasteiger partial charge in [-0.15, -0.1) is 0 Å². The third kappa shape index (κ3) is 2.81. The van der Waals surface area contributed by atoms with Gasteiger partial charge in [0.15, 0.2) is 5.78 Å². The van der Waals surface area contributed by atoms with Gasteiger partial charge < -0.3 is 0 Å². The Bertz CT molecular complexity index is 377. The molecule has 15 heavy (non-hydrogen) atoms. The molecule has 0 spiro atoms. The van der Waals surface area contributed by atoms with Gasteiger partial charge in [-0.1, -0.05) is 15.9 Å². The Hall–Kier alpha value is -0.840. The topological polar surface area (TPSA) is 17.1 Å². The van der Waals surface area contributed by atoms with Gasteiger partial charge in [0.05, 0.1) is 4.83 Å². The van der Waals surface area contributed by atoms with Crippen molar-refractivity contribution < 1.29 is 18.0 Å². The number of carbonyl (C=O) groups excluding carboxylic acids is 1. The Balaban J connectivity index is 3.23. The lowest BCUT2D eigenvalue weighted by Gasteiger charge is -2.09. The standard InChI is InChI=1S/C10H8BrF3O/c1-5(11)9(15)7-3-2-6(12)4-8(7)10(13)14/h2-5,10H,1H3. The molecule has 0 saturated heterocycles. The number of Topliss-reactive ketones (excluding diaryl/α,β-unsaturated/α-hetero) is 1. The van der Waals surface area contributed by atoms with E-state index in [1.165, 1.54) is 6.92 Å². The number of halogens is 4. The van der Waals surface area contributed by atoms with E-state index in [9.17, 15) is 18.0 Å². The number of hydrogen-bond donors (Lipinski definition) is 0. The van der Waals surface area contributed by atoms with Crippen LogP contribution in [0.4, 0.5) is 13.2 Å². The summed E-state index contributed by atoms with van der Waals surface area (Å²) in [5.74, 6) is -1.26. The number of alkyl halides is 3. The summed E-state index contributed by atoms with van der Waals surface area (Å²) in [7, 11) is 0. The lowest BCUT2D eigenvalue weighted by molar-refractivity contribution is 0.0981. The molecule has 0 aliphatic heterocycles. The highest BCUT2D eigenvalue weighted by atomic mass is 79.9. The first kappa shape index (κ1) is 12.2. The van der Waals surface area contributed by atoms with E-state index in [1.807, 2.05) is 0 Å². The molecular formula is C10H8BrF3O. The Morgan fingerprint density at radius 3 is 2.47 bits per heavy atom. The van der Waals surface area contributed by atoms with Crippen molar-refractivity contribution in [1.82, 2.24) is 0 Å². The average molecular weight is 281 g/mol. The molecular weight excluding hydrogens is 273 g/mol. The molecule has 0 aliphatic carbocycles.